The van der Waals surface area contributed by atoms with E-state index in [0.717, 1.165) is 11.3 Å². The Labute approximate surface area is 73.3 Å². The van der Waals surface area contributed by atoms with Crippen LogP contribution in [-0.2, 0) is 0 Å². The molecule has 0 saturated heterocycles. The molecule has 0 spiro atoms. The number of methoxy groups -OCH3 is 1. The highest BCUT2D eigenvalue weighted by Crippen LogP contribution is 2.21. The van der Waals surface area contributed by atoms with Crippen LogP contribution in [0.1, 0.15) is 24.1 Å². The van der Waals surface area contributed by atoms with Crippen LogP contribution in [0.3, 0.4) is 0 Å². The van der Waals surface area contributed by atoms with Crippen LogP contribution in [0, 0.1) is 6.92 Å². The fourth-order valence-electron chi connectivity index (χ4n) is 1.24. The lowest BCUT2D eigenvalue weighted by atomic mass is 10.0. The van der Waals surface area contributed by atoms with Crippen LogP contribution < -0.4 is 10.5 Å². The second-order valence-electron chi connectivity index (χ2n) is 3.01. The second-order valence-corrected chi connectivity index (χ2v) is 3.01. The Morgan fingerprint density at radius 3 is 2.58 bits per heavy atom. The fraction of sp³-hybridized carbons (Fsp3) is 0.400. The highest BCUT2D eigenvalue weighted by atomic mass is 16.5. The first kappa shape index (κ1) is 9.07. The van der Waals surface area contributed by atoms with E-state index in [1.54, 1.807) is 7.11 Å². The van der Waals surface area contributed by atoms with Gasteiger partial charge >= 0.3 is 0 Å². The predicted molar refractivity (Wildman–Crippen MR) is 50.3 cm³/mol. The predicted octanol–water partition coefficient (Wildman–Crippen LogP) is 2.02. The van der Waals surface area contributed by atoms with Crippen LogP contribution in [0.4, 0.5) is 0 Å². The lowest BCUT2D eigenvalue weighted by Gasteiger charge is -2.10. The highest BCUT2D eigenvalue weighted by Gasteiger charge is 2.04. The molecular weight excluding hydrogens is 150 g/mol. The third-order valence-corrected chi connectivity index (χ3v) is 1.98. The van der Waals surface area contributed by atoms with Crippen molar-refractivity contribution in [3.05, 3.63) is 29.3 Å². The zero-order chi connectivity index (χ0) is 9.14. The molecule has 1 unspecified atom stereocenters. The Morgan fingerprint density at radius 1 is 1.42 bits per heavy atom. The van der Waals surface area contributed by atoms with Crippen molar-refractivity contribution in [2.75, 3.05) is 7.11 Å². The van der Waals surface area contributed by atoms with Crippen LogP contribution in [0.25, 0.3) is 0 Å². The number of hydrogen-bond acceptors (Lipinski definition) is 2. The maximum atomic E-state index is 5.78. The quantitative estimate of drug-likeness (QED) is 0.727. The Balaban J connectivity index is 3.08. The molecular formula is C10H15NO. The summed E-state index contributed by atoms with van der Waals surface area (Å²) in [5.41, 5.74) is 8.14. The van der Waals surface area contributed by atoms with Gasteiger partial charge in [-0.05, 0) is 37.1 Å². The summed E-state index contributed by atoms with van der Waals surface area (Å²) >= 11 is 0. The molecule has 0 aliphatic carbocycles. The minimum atomic E-state index is 0.0695. The lowest BCUT2D eigenvalue weighted by molar-refractivity contribution is 0.414. The van der Waals surface area contributed by atoms with Crippen molar-refractivity contribution in [2.24, 2.45) is 5.73 Å². The number of aryl methyl sites for hydroxylation is 1. The Morgan fingerprint density at radius 2 is 2.08 bits per heavy atom. The number of nitrogens with two attached hydrogens (primary N) is 1. The molecule has 1 aromatic rings. The van der Waals surface area contributed by atoms with Crippen LogP contribution in [0.15, 0.2) is 18.2 Å². The molecule has 12 heavy (non-hydrogen) atoms. The monoisotopic (exact) mass is 165 g/mol. The fourth-order valence-corrected chi connectivity index (χ4v) is 1.24. The molecule has 0 radical (unpaired) electrons. The summed E-state index contributed by atoms with van der Waals surface area (Å²) in [6, 6.07) is 6.03. The average Bonchev–Trinajstić information content (AvgIpc) is 2.05. The maximum Gasteiger partial charge on any atom is 0.119 e. The number of ether oxygens (including phenoxy) is 1. The topological polar surface area (TPSA) is 35.2 Å². The SMILES string of the molecule is COc1ccc(C)c(C(C)N)c1. The average molecular weight is 165 g/mol. The summed E-state index contributed by atoms with van der Waals surface area (Å²) in [6.45, 7) is 4.03. The molecule has 0 bridgehead atoms. The molecule has 0 fully saturated rings. The highest BCUT2D eigenvalue weighted by molar-refractivity contribution is 5.36. The standard InChI is InChI=1S/C10H15NO/c1-7-4-5-9(12-3)6-10(7)8(2)11/h4-6,8H,11H2,1-3H3. The van der Waals surface area contributed by atoms with Crippen molar-refractivity contribution in [1.29, 1.82) is 0 Å². The van der Waals surface area contributed by atoms with Crippen molar-refractivity contribution < 1.29 is 4.74 Å². The summed E-state index contributed by atoms with van der Waals surface area (Å²) in [5.74, 6) is 0.868. The van der Waals surface area contributed by atoms with E-state index in [9.17, 15) is 0 Å². The minimum absolute atomic E-state index is 0.0695. The van der Waals surface area contributed by atoms with E-state index >= 15 is 0 Å². The van der Waals surface area contributed by atoms with Crippen LogP contribution in [-0.4, -0.2) is 7.11 Å². The summed E-state index contributed by atoms with van der Waals surface area (Å²) < 4.78 is 5.10. The molecule has 0 aromatic heterocycles. The Hall–Kier alpha value is -1.02. The Bertz CT molecular complexity index is 269. The number of hydrogen-bond donors (Lipinski definition) is 1. The molecule has 1 rings (SSSR count). The van der Waals surface area contributed by atoms with Gasteiger partial charge in [-0.3, -0.25) is 0 Å². The number of rotatable bonds is 2. The molecule has 1 atom stereocenters. The summed E-state index contributed by atoms with van der Waals surface area (Å²) in [5, 5.41) is 0. The van der Waals surface area contributed by atoms with Crippen LogP contribution in [0.5, 0.6) is 5.75 Å². The van der Waals surface area contributed by atoms with E-state index in [1.165, 1.54) is 5.56 Å². The molecule has 0 aliphatic rings. The Kier molecular flexibility index (Phi) is 2.71. The van der Waals surface area contributed by atoms with E-state index in [1.807, 2.05) is 25.1 Å². The van der Waals surface area contributed by atoms with Crippen LogP contribution in [0.2, 0.25) is 0 Å². The van der Waals surface area contributed by atoms with E-state index in [0.29, 0.717) is 0 Å². The molecule has 1 aromatic carbocycles. The van der Waals surface area contributed by atoms with Gasteiger partial charge in [-0.2, -0.15) is 0 Å². The van der Waals surface area contributed by atoms with Gasteiger partial charge in [0.25, 0.3) is 0 Å². The zero-order valence-electron chi connectivity index (χ0n) is 7.79. The van der Waals surface area contributed by atoms with Crippen molar-refractivity contribution in [2.45, 2.75) is 19.9 Å². The minimum Gasteiger partial charge on any atom is -0.497 e. The van der Waals surface area contributed by atoms with Crippen molar-refractivity contribution in [3.63, 3.8) is 0 Å². The normalized spacial score (nSPS) is 12.7. The van der Waals surface area contributed by atoms with Gasteiger partial charge < -0.3 is 10.5 Å². The second kappa shape index (κ2) is 3.59. The van der Waals surface area contributed by atoms with Gasteiger partial charge in [0, 0.05) is 6.04 Å². The van der Waals surface area contributed by atoms with Gasteiger partial charge in [-0.15, -0.1) is 0 Å². The summed E-state index contributed by atoms with van der Waals surface area (Å²) in [7, 11) is 1.66. The third-order valence-electron chi connectivity index (χ3n) is 1.98. The molecule has 2 N–H and O–H groups in total. The summed E-state index contributed by atoms with van der Waals surface area (Å²) in [4.78, 5) is 0. The smallest absolute Gasteiger partial charge is 0.119 e. The van der Waals surface area contributed by atoms with Crippen molar-refractivity contribution in [3.8, 4) is 5.75 Å². The first-order valence-corrected chi connectivity index (χ1v) is 4.05. The zero-order valence-corrected chi connectivity index (χ0v) is 7.79. The lowest BCUT2D eigenvalue weighted by Crippen LogP contribution is -2.06. The third kappa shape index (κ3) is 1.77. The first-order valence-electron chi connectivity index (χ1n) is 4.05. The van der Waals surface area contributed by atoms with Gasteiger partial charge in [0.1, 0.15) is 5.75 Å². The molecule has 0 aliphatic heterocycles. The molecule has 2 nitrogen and oxygen atoms in total. The van der Waals surface area contributed by atoms with E-state index in [-0.39, 0.29) is 6.04 Å². The van der Waals surface area contributed by atoms with Gasteiger partial charge in [-0.25, -0.2) is 0 Å². The van der Waals surface area contributed by atoms with E-state index in [4.69, 9.17) is 10.5 Å². The van der Waals surface area contributed by atoms with E-state index in [2.05, 4.69) is 6.92 Å². The van der Waals surface area contributed by atoms with Crippen molar-refractivity contribution in [1.82, 2.24) is 0 Å². The maximum absolute atomic E-state index is 5.78. The van der Waals surface area contributed by atoms with Gasteiger partial charge in [0.2, 0.25) is 0 Å². The van der Waals surface area contributed by atoms with Gasteiger partial charge in [0.05, 0.1) is 7.11 Å². The molecule has 0 amide bonds. The van der Waals surface area contributed by atoms with Crippen molar-refractivity contribution >= 4 is 0 Å². The molecule has 0 heterocycles. The summed E-state index contributed by atoms with van der Waals surface area (Å²) in [6.07, 6.45) is 0. The van der Waals surface area contributed by atoms with Crippen LogP contribution >= 0.6 is 0 Å². The molecule has 2 heteroatoms. The van der Waals surface area contributed by atoms with Gasteiger partial charge in [-0.1, -0.05) is 6.07 Å². The largest absolute Gasteiger partial charge is 0.497 e. The molecule has 66 valence electrons. The van der Waals surface area contributed by atoms with Gasteiger partial charge in [0.15, 0.2) is 0 Å². The molecule has 0 saturated carbocycles. The number of benzene rings is 1. The van der Waals surface area contributed by atoms with E-state index < -0.39 is 0 Å². The first-order chi connectivity index (χ1) is 5.65.